The molecule has 0 aromatic carbocycles. The summed E-state index contributed by atoms with van der Waals surface area (Å²) in [7, 11) is 0. The lowest BCUT2D eigenvalue weighted by Crippen LogP contribution is -2.33. The molecule has 0 radical (unpaired) electrons. The van der Waals surface area contributed by atoms with Crippen LogP contribution in [0.5, 0.6) is 0 Å². The van der Waals surface area contributed by atoms with Crippen LogP contribution in [0.25, 0.3) is 0 Å². The second kappa shape index (κ2) is 12.6. The zero-order valence-corrected chi connectivity index (χ0v) is 13.3. The SMILES string of the molecule is CC(S)(S)NCCCNCCCCNCCCN. The van der Waals surface area contributed by atoms with E-state index in [9.17, 15) is 0 Å². The normalized spacial score (nSPS) is 12.0. The first-order valence-electron chi connectivity index (χ1n) is 6.87. The maximum atomic E-state index is 5.41. The number of nitrogens with one attached hydrogen (secondary N) is 3. The summed E-state index contributed by atoms with van der Waals surface area (Å²) in [5.41, 5.74) is 5.41. The van der Waals surface area contributed by atoms with E-state index in [-0.39, 0.29) is 4.20 Å². The first-order chi connectivity index (χ1) is 8.56. The quantitative estimate of drug-likeness (QED) is 0.173. The van der Waals surface area contributed by atoms with Crippen LogP contribution in [-0.4, -0.2) is 43.5 Å². The molecule has 0 aliphatic heterocycles. The largest absolute Gasteiger partial charge is 0.330 e. The lowest BCUT2D eigenvalue weighted by Gasteiger charge is -2.18. The third-order valence-electron chi connectivity index (χ3n) is 2.51. The summed E-state index contributed by atoms with van der Waals surface area (Å²) in [6.45, 7) is 7.94. The third-order valence-corrected chi connectivity index (χ3v) is 2.82. The van der Waals surface area contributed by atoms with Gasteiger partial charge in [0.25, 0.3) is 0 Å². The Bertz CT molecular complexity index is 174. The zero-order chi connectivity index (χ0) is 13.7. The number of unbranched alkanes of at least 4 members (excludes halogenated alkanes) is 1. The molecule has 110 valence electrons. The van der Waals surface area contributed by atoms with Crippen LogP contribution in [0.2, 0.25) is 0 Å². The minimum absolute atomic E-state index is 0.366. The summed E-state index contributed by atoms with van der Waals surface area (Å²) in [6.07, 6.45) is 4.62. The minimum Gasteiger partial charge on any atom is -0.330 e. The summed E-state index contributed by atoms with van der Waals surface area (Å²) >= 11 is 8.56. The monoisotopic (exact) mass is 294 g/mol. The molecular formula is C12H30N4S2. The van der Waals surface area contributed by atoms with Crippen molar-refractivity contribution in [1.29, 1.82) is 0 Å². The van der Waals surface area contributed by atoms with Gasteiger partial charge >= 0.3 is 0 Å². The number of hydrogen-bond donors (Lipinski definition) is 6. The number of hydrogen-bond acceptors (Lipinski definition) is 6. The van der Waals surface area contributed by atoms with E-state index in [1.165, 1.54) is 12.8 Å². The molecule has 0 spiro atoms. The van der Waals surface area contributed by atoms with Gasteiger partial charge in [0.2, 0.25) is 0 Å². The number of nitrogens with two attached hydrogens (primary N) is 1. The van der Waals surface area contributed by atoms with Crippen LogP contribution >= 0.6 is 25.3 Å². The van der Waals surface area contributed by atoms with E-state index in [0.29, 0.717) is 0 Å². The maximum Gasteiger partial charge on any atom is 0.103 e. The highest BCUT2D eigenvalue weighted by atomic mass is 32.2. The highest BCUT2D eigenvalue weighted by Gasteiger charge is 2.09. The molecule has 0 heterocycles. The van der Waals surface area contributed by atoms with Crippen LogP contribution in [0.3, 0.4) is 0 Å². The van der Waals surface area contributed by atoms with Gasteiger partial charge in [0.1, 0.15) is 4.20 Å². The molecule has 0 saturated heterocycles. The van der Waals surface area contributed by atoms with Crippen molar-refractivity contribution in [2.45, 2.75) is 36.8 Å². The van der Waals surface area contributed by atoms with Gasteiger partial charge in [0.15, 0.2) is 0 Å². The van der Waals surface area contributed by atoms with Crippen LogP contribution < -0.4 is 21.7 Å². The predicted molar refractivity (Wildman–Crippen MR) is 87.6 cm³/mol. The van der Waals surface area contributed by atoms with E-state index in [0.717, 1.165) is 52.1 Å². The molecule has 4 nitrogen and oxygen atoms in total. The summed E-state index contributed by atoms with van der Waals surface area (Å²) in [5, 5.41) is 10.0. The Morgan fingerprint density at radius 3 is 1.83 bits per heavy atom. The Morgan fingerprint density at radius 1 is 0.833 bits per heavy atom. The average molecular weight is 295 g/mol. The highest BCUT2D eigenvalue weighted by molar-refractivity contribution is 8.00. The first-order valence-corrected chi connectivity index (χ1v) is 7.77. The lowest BCUT2D eigenvalue weighted by molar-refractivity contribution is 0.551. The molecule has 0 bridgehead atoms. The predicted octanol–water partition coefficient (Wildman–Crippen LogP) is 0.808. The lowest BCUT2D eigenvalue weighted by atomic mass is 10.3. The summed E-state index contributed by atoms with van der Waals surface area (Å²) < 4.78 is -0.366. The Balaban J connectivity index is 2.99. The Kier molecular flexibility index (Phi) is 12.9. The van der Waals surface area contributed by atoms with Crippen molar-refractivity contribution in [3.05, 3.63) is 0 Å². The van der Waals surface area contributed by atoms with E-state index in [1.54, 1.807) is 0 Å². The molecule has 0 aromatic rings. The molecule has 6 heteroatoms. The third kappa shape index (κ3) is 16.5. The number of thiol groups is 2. The van der Waals surface area contributed by atoms with Crippen LogP contribution in [0.1, 0.15) is 32.6 Å². The van der Waals surface area contributed by atoms with Crippen molar-refractivity contribution in [2.24, 2.45) is 5.73 Å². The van der Waals surface area contributed by atoms with Crippen molar-refractivity contribution in [2.75, 3.05) is 39.3 Å². The summed E-state index contributed by atoms with van der Waals surface area (Å²) in [4.78, 5) is 0. The Labute approximate surface area is 123 Å². The van der Waals surface area contributed by atoms with E-state index >= 15 is 0 Å². The molecule has 0 fully saturated rings. The highest BCUT2D eigenvalue weighted by Crippen LogP contribution is 2.12. The molecule has 5 N–H and O–H groups in total. The second-order valence-electron chi connectivity index (χ2n) is 4.65. The smallest absolute Gasteiger partial charge is 0.103 e. The van der Waals surface area contributed by atoms with Gasteiger partial charge in [0, 0.05) is 0 Å². The molecular weight excluding hydrogens is 264 g/mol. The Hall–Kier alpha value is 0.540. The van der Waals surface area contributed by atoms with Crippen molar-refractivity contribution >= 4 is 25.3 Å². The van der Waals surface area contributed by atoms with E-state index < -0.39 is 0 Å². The van der Waals surface area contributed by atoms with Crippen molar-refractivity contribution in [1.82, 2.24) is 16.0 Å². The molecule has 0 aliphatic carbocycles. The molecule has 0 rings (SSSR count). The minimum atomic E-state index is -0.366. The van der Waals surface area contributed by atoms with Gasteiger partial charge in [-0.05, 0) is 71.9 Å². The molecule has 0 atom stereocenters. The molecule has 0 amide bonds. The van der Waals surface area contributed by atoms with E-state index in [4.69, 9.17) is 5.73 Å². The van der Waals surface area contributed by atoms with Crippen molar-refractivity contribution < 1.29 is 0 Å². The van der Waals surface area contributed by atoms with Gasteiger partial charge < -0.3 is 16.4 Å². The Morgan fingerprint density at radius 2 is 1.33 bits per heavy atom. The van der Waals surface area contributed by atoms with Crippen LogP contribution in [0.15, 0.2) is 0 Å². The van der Waals surface area contributed by atoms with Gasteiger partial charge in [0.05, 0.1) is 0 Å². The second-order valence-corrected chi connectivity index (χ2v) is 6.79. The fourth-order valence-corrected chi connectivity index (χ4v) is 1.74. The fourth-order valence-electron chi connectivity index (χ4n) is 1.52. The van der Waals surface area contributed by atoms with E-state index in [2.05, 4.69) is 41.2 Å². The van der Waals surface area contributed by atoms with Crippen LogP contribution in [-0.2, 0) is 0 Å². The topological polar surface area (TPSA) is 62.1 Å². The molecule has 0 aromatic heterocycles. The molecule has 0 unspecified atom stereocenters. The van der Waals surface area contributed by atoms with Crippen LogP contribution in [0, 0.1) is 0 Å². The first kappa shape index (κ1) is 18.5. The summed E-state index contributed by atoms with van der Waals surface area (Å²) in [5.74, 6) is 0. The van der Waals surface area contributed by atoms with Crippen molar-refractivity contribution in [3.63, 3.8) is 0 Å². The maximum absolute atomic E-state index is 5.41. The van der Waals surface area contributed by atoms with Gasteiger partial charge in [-0.25, -0.2) is 0 Å². The van der Waals surface area contributed by atoms with Gasteiger partial charge in [-0.2, -0.15) is 0 Å². The van der Waals surface area contributed by atoms with E-state index in [1.807, 2.05) is 6.92 Å². The van der Waals surface area contributed by atoms with Crippen LogP contribution in [0.4, 0.5) is 0 Å². The standard InChI is InChI=1S/C12H30N4S2/c1-12(17,18)16-11-5-10-15-8-3-2-7-14-9-4-6-13/h14-18H,2-11,13H2,1H3. The molecule has 0 saturated carbocycles. The van der Waals surface area contributed by atoms with Gasteiger partial charge in [-0.15, -0.1) is 25.3 Å². The van der Waals surface area contributed by atoms with Crippen molar-refractivity contribution in [3.8, 4) is 0 Å². The number of rotatable bonds is 13. The molecule has 0 aliphatic rings. The van der Waals surface area contributed by atoms with Gasteiger partial charge in [-0.1, -0.05) is 0 Å². The fraction of sp³-hybridized carbons (Fsp3) is 1.00. The molecule has 18 heavy (non-hydrogen) atoms. The van der Waals surface area contributed by atoms with Gasteiger partial charge in [-0.3, -0.25) is 5.32 Å². The zero-order valence-electron chi connectivity index (χ0n) is 11.5. The summed E-state index contributed by atoms with van der Waals surface area (Å²) in [6, 6.07) is 0. The average Bonchev–Trinajstić information content (AvgIpc) is 2.29.